The van der Waals surface area contributed by atoms with Crippen molar-refractivity contribution in [3.05, 3.63) is 71.1 Å². The molecule has 5 rings (SSSR count). The van der Waals surface area contributed by atoms with E-state index in [1.165, 1.54) is 0 Å². The summed E-state index contributed by atoms with van der Waals surface area (Å²) in [7, 11) is 3.14. The first-order chi connectivity index (χ1) is 18.0. The summed E-state index contributed by atoms with van der Waals surface area (Å²) in [5.41, 5.74) is 1.79. The summed E-state index contributed by atoms with van der Waals surface area (Å²) in [4.78, 5) is 44.2. The highest BCUT2D eigenvalue weighted by molar-refractivity contribution is 8.18. The Hall–Kier alpha value is -3.98. The first-order valence-electron chi connectivity index (χ1n) is 12.0. The van der Waals surface area contributed by atoms with Crippen molar-refractivity contribution in [2.75, 3.05) is 51.8 Å². The summed E-state index contributed by atoms with van der Waals surface area (Å²) < 4.78 is 10.9. The number of amides is 3. The van der Waals surface area contributed by atoms with Gasteiger partial charge in [0.15, 0.2) is 0 Å². The molecule has 0 bridgehead atoms. The fraction of sp³-hybridized carbons (Fsp3) is 0.250. The Morgan fingerprint density at radius 1 is 0.946 bits per heavy atom. The number of anilines is 1. The number of rotatable bonds is 6. The predicted octanol–water partition coefficient (Wildman–Crippen LogP) is 4.24. The number of hydrogen-bond donors (Lipinski definition) is 0. The van der Waals surface area contributed by atoms with Crippen molar-refractivity contribution in [1.29, 1.82) is 0 Å². The molecule has 8 nitrogen and oxygen atoms in total. The average Bonchev–Trinajstić information content (AvgIpc) is 3.20. The van der Waals surface area contributed by atoms with E-state index in [4.69, 9.17) is 9.47 Å². The van der Waals surface area contributed by atoms with Gasteiger partial charge >= 0.3 is 0 Å². The third-order valence-corrected chi connectivity index (χ3v) is 7.55. The van der Waals surface area contributed by atoms with Gasteiger partial charge in [0.1, 0.15) is 18.0 Å². The number of thioether (sulfide) groups is 1. The number of methoxy groups -OCH3 is 2. The SMILES string of the molecule is COc1ccc2ccc(OC)c(/C=C3/SC(=O)N(CC(=O)N4CCN(c5ccccc5)CC4)C3=O)c2c1. The molecule has 0 atom stereocenters. The lowest BCUT2D eigenvalue weighted by Gasteiger charge is -2.36. The molecule has 9 heteroatoms. The molecule has 0 unspecified atom stereocenters. The molecule has 3 aromatic rings. The van der Waals surface area contributed by atoms with E-state index >= 15 is 0 Å². The van der Waals surface area contributed by atoms with Crippen LogP contribution < -0.4 is 14.4 Å². The fourth-order valence-electron chi connectivity index (χ4n) is 4.61. The summed E-state index contributed by atoms with van der Waals surface area (Å²) in [5, 5.41) is 1.32. The van der Waals surface area contributed by atoms with Crippen LogP contribution in [0.2, 0.25) is 0 Å². The molecule has 0 radical (unpaired) electrons. The second kappa shape index (κ2) is 10.6. The largest absolute Gasteiger partial charge is 0.497 e. The summed E-state index contributed by atoms with van der Waals surface area (Å²) in [6, 6.07) is 19.4. The van der Waals surface area contributed by atoms with Gasteiger partial charge in [-0.3, -0.25) is 19.3 Å². The number of ether oxygens (including phenoxy) is 2. The van der Waals surface area contributed by atoms with Gasteiger partial charge in [0.2, 0.25) is 5.91 Å². The molecule has 190 valence electrons. The van der Waals surface area contributed by atoms with Crippen molar-refractivity contribution in [2.45, 2.75) is 0 Å². The summed E-state index contributed by atoms with van der Waals surface area (Å²) >= 11 is 0.833. The maximum atomic E-state index is 13.2. The summed E-state index contributed by atoms with van der Waals surface area (Å²) in [6.45, 7) is 2.20. The number of hydrogen-bond acceptors (Lipinski definition) is 7. The lowest BCUT2D eigenvalue weighted by Crippen LogP contribution is -2.51. The van der Waals surface area contributed by atoms with Crippen molar-refractivity contribution in [1.82, 2.24) is 9.80 Å². The predicted molar refractivity (Wildman–Crippen MR) is 145 cm³/mol. The number of piperazine rings is 1. The van der Waals surface area contributed by atoms with Crippen LogP contribution in [0.25, 0.3) is 16.8 Å². The normalized spacial score (nSPS) is 17.1. The molecule has 0 aromatic heterocycles. The highest BCUT2D eigenvalue weighted by Gasteiger charge is 2.37. The first-order valence-corrected chi connectivity index (χ1v) is 12.8. The molecule has 0 aliphatic carbocycles. The van der Waals surface area contributed by atoms with Crippen molar-refractivity contribution in [2.24, 2.45) is 0 Å². The van der Waals surface area contributed by atoms with Crippen molar-refractivity contribution >= 4 is 51.4 Å². The topological polar surface area (TPSA) is 79.4 Å². The van der Waals surface area contributed by atoms with Gasteiger partial charge < -0.3 is 19.3 Å². The fourth-order valence-corrected chi connectivity index (χ4v) is 5.43. The number of para-hydroxylation sites is 1. The van der Waals surface area contributed by atoms with Gasteiger partial charge in [-0.1, -0.05) is 30.3 Å². The van der Waals surface area contributed by atoms with Crippen LogP contribution in [0.15, 0.2) is 65.6 Å². The van der Waals surface area contributed by atoms with Crippen LogP contribution in [0.5, 0.6) is 11.5 Å². The third kappa shape index (κ3) is 4.99. The monoisotopic (exact) mass is 517 g/mol. The van der Waals surface area contributed by atoms with Crippen LogP contribution in [-0.2, 0) is 9.59 Å². The molecule has 2 aliphatic heterocycles. The smallest absolute Gasteiger partial charge is 0.294 e. The van der Waals surface area contributed by atoms with Crippen LogP contribution >= 0.6 is 11.8 Å². The Morgan fingerprint density at radius 3 is 2.38 bits per heavy atom. The molecule has 3 aromatic carbocycles. The molecule has 2 aliphatic rings. The minimum atomic E-state index is -0.478. The number of benzene rings is 3. The van der Waals surface area contributed by atoms with Gasteiger partial charge in [-0.25, -0.2) is 0 Å². The maximum Gasteiger partial charge on any atom is 0.294 e. The van der Waals surface area contributed by atoms with E-state index in [9.17, 15) is 14.4 Å². The Bertz CT molecular complexity index is 1380. The van der Waals surface area contributed by atoms with Crippen molar-refractivity contribution in [3.8, 4) is 11.5 Å². The van der Waals surface area contributed by atoms with Gasteiger partial charge in [-0.05, 0) is 58.9 Å². The van der Waals surface area contributed by atoms with Crippen LogP contribution in [0, 0.1) is 0 Å². The van der Waals surface area contributed by atoms with Crippen LogP contribution in [0.3, 0.4) is 0 Å². The van der Waals surface area contributed by atoms with Gasteiger partial charge in [-0.15, -0.1) is 0 Å². The number of carbonyl (C=O) groups excluding carboxylic acids is 3. The molecule has 2 saturated heterocycles. The van der Waals surface area contributed by atoms with E-state index in [-0.39, 0.29) is 17.4 Å². The highest BCUT2D eigenvalue weighted by atomic mass is 32.2. The van der Waals surface area contributed by atoms with E-state index in [0.29, 0.717) is 43.2 Å². The van der Waals surface area contributed by atoms with Gasteiger partial charge in [-0.2, -0.15) is 0 Å². The van der Waals surface area contributed by atoms with Crippen LogP contribution in [0.1, 0.15) is 5.56 Å². The van der Waals surface area contributed by atoms with Crippen molar-refractivity contribution < 1.29 is 23.9 Å². The number of imide groups is 1. The van der Waals surface area contributed by atoms with E-state index in [0.717, 1.165) is 33.1 Å². The van der Waals surface area contributed by atoms with Gasteiger partial charge in [0.05, 0.1) is 19.1 Å². The molecule has 2 fully saturated rings. The molecule has 0 saturated carbocycles. The second-order valence-corrected chi connectivity index (χ2v) is 9.73. The molecule has 2 heterocycles. The zero-order chi connectivity index (χ0) is 25.9. The average molecular weight is 518 g/mol. The Labute approximate surface area is 219 Å². The lowest BCUT2D eigenvalue weighted by molar-refractivity contribution is -0.136. The number of fused-ring (bicyclic) bond motifs is 1. The highest BCUT2D eigenvalue weighted by Crippen LogP contribution is 2.37. The molecular formula is C28H27N3O5S. The Morgan fingerprint density at radius 2 is 1.68 bits per heavy atom. The number of nitrogens with zero attached hydrogens (tertiary/aromatic N) is 3. The number of carbonyl (C=O) groups is 3. The van der Waals surface area contributed by atoms with E-state index in [2.05, 4.69) is 4.90 Å². The third-order valence-electron chi connectivity index (χ3n) is 6.65. The summed E-state index contributed by atoms with van der Waals surface area (Å²) in [6.07, 6.45) is 1.66. The zero-order valence-corrected chi connectivity index (χ0v) is 21.5. The Balaban J connectivity index is 1.31. The van der Waals surface area contributed by atoms with Crippen molar-refractivity contribution in [3.63, 3.8) is 0 Å². The molecular weight excluding hydrogens is 490 g/mol. The summed E-state index contributed by atoms with van der Waals surface area (Å²) in [5.74, 6) is 0.526. The van der Waals surface area contributed by atoms with E-state index in [1.54, 1.807) is 25.2 Å². The first kappa shape index (κ1) is 24.7. The van der Waals surface area contributed by atoms with Gasteiger partial charge in [0, 0.05) is 37.4 Å². The molecule has 0 N–H and O–H groups in total. The molecule has 37 heavy (non-hydrogen) atoms. The minimum Gasteiger partial charge on any atom is -0.497 e. The molecule has 0 spiro atoms. The Kier molecular flexibility index (Phi) is 7.05. The van der Waals surface area contributed by atoms with Crippen LogP contribution in [0.4, 0.5) is 10.5 Å². The lowest BCUT2D eigenvalue weighted by atomic mass is 10.0. The quantitative estimate of drug-likeness (QED) is 0.453. The van der Waals surface area contributed by atoms with Gasteiger partial charge in [0.25, 0.3) is 11.1 Å². The molecule has 3 amide bonds. The second-order valence-electron chi connectivity index (χ2n) is 8.74. The van der Waals surface area contributed by atoms with E-state index in [1.807, 2.05) is 60.7 Å². The standard InChI is InChI=1S/C28H27N3O5S/c1-35-21-10-8-19-9-11-24(36-2)23(22(19)16-21)17-25-27(33)31(28(34)37-25)18-26(32)30-14-12-29(13-15-30)20-6-4-3-5-7-20/h3-11,16-17H,12-15,18H2,1-2H3/b25-17+. The van der Waals surface area contributed by atoms with Crippen LogP contribution in [-0.4, -0.2) is 73.8 Å². The van der Waals surface area contributed by atoms with E-state index < -0.39 is 11.1 Å². The zero-order valence-electron chi connectivity index (χ0n) is 20.7. The maximum absolute atomic E-state index is 13.2. The minimum absolute atomic E-state index is 0.233.